The summed E-state index contributed by atoms with van der Waals surface area (Å²) in [4.78, 5) is 8.52. The molecule has 26 heavy (non-hydrogen) atoms. The molecule has 3 rings (SSSR count). The van der Waals surface area contributed by atoms with E-state index in [2.05, 4.69) is 20.0 Å². The Bertz CT molecular complexity index is 1010. The molecule has 3 aromatic rings. The second-order valence-electron chi connectivity index (χ2n) is 5.78. The van der Waals surface area contributed by atoms with E-state index in [4.69, 9.17) is 5.73 Å². The summed E-state index contributed by atoms with van der Waals surface area (Å²) in [6.07, 6.45) is 2.58. The van der Waals surface area contributed by atoms with Crippen LogP contribution in [-0.4, -0.2) is 24.6 Å². The molecule has 0 aliphatic rings. The average molecular weight is 369 g/mol. The third-order valence-corrected chi connectivity index (χ3v) is 4.15. The molecule has 0 spiro atoms. The summed E-state index contributed by atoms with van der Waals surface area (Å²) >= 11 is 0. The van der Waals surface area contributed by atoms with Gasteiger partial charge in [-0.1, -0.05) is 30.3 Å². The van der Waals surface area contributed by atoms with E-state index in [0.717, 1.165) is 23.1 Å². The van der Waals surface area contributed by atoms with Crippen LogP contribution >= 0.6 is 0 Å². The van der Waals surface area contributed by atoms with Crippen LogP contribution in [0.2, 0.25) is 0 Å². The zero-order chi connectivity index (χ0) is 18.6. The van der Waals surface area contributed by atoms with Gasteiger partial charge in [0.25, 0.3) is 0 Å². The van der Waals surface area contributed by atoms with Crippen LogP contribution in [0, 0.1) is 0 Å². The monoisotopic (exact) mass is 369 g/mol. The van der Waals surface area contributed by atoms with Gasteiger partial charge in [-0.2, -0.15) is 0 Å². The van der Waals surface area contributed by atoms with Gasteiger partial charge in [-0.3, -0.25) is 4.72 Å². The van der Waals surface area contributed by atoms with Gasteiger partial charge < -0.3 is 11.1 Å². The highest BCUT2D eigenvalue weighted by atomic mass is 32.2. The Hall–Kier alpha value is -2.97. The topological polar surface area (TPSA) is 110 Å². The van der Waals surface area contributed by atoms with Gasteiger partial charge >= 0.3 is 0 Å². The van der Waals surface area contributed by atoms with Crippen molar-refractivity contribution in [3.63, 3.8) is 0 Å². The first-order valence-electron chi connectivity index (χ1n) is 7.89. The maximum atomic E-state index is 11.5. The van der Waals surface area contributed by atoms with Crippen LogP contribution < -0.4 is 15.8 Å². The number of rotatable bonds is 6. The molecule has 0 aliphatic heterocycles. The van der Waals surface area contributed by atoms with Crippen LogP contribution in [-0.2, 0) is 16.6 Å². The van der Waals surface area contributed by atoms with E-state index in [1.807, 2.05) is 42.5 Å². The minimum Gasteiger partial charge on any atom is -0.340 e. The highest BCUT2D eigenvalue weighted by Gasteiger charge is 2.07. The van der Waals surface area contributed by atoms with Gasteiger partial charge in [0, 0.05) is 23.9 Å². The molecule has 8 heteroatoms. The molecule has 1 aromatic heterocycles. The van der Waals surface area contributed by atoms with E-state index in [1.54, 1.807) is 12.1 Å². The summed E-state index contributed by atoms with van der Waals surface area (Å²) in [5.41, 5.74) is 9.39. The predicted molar refractivity (Wildman–Crippen MR) is 104 cm³/mol. The molecule has 7 nitrogen and oxygen atoms in total. The number of benzene rings is 2. The maximum absolute atomic E-state index is 11.5. The molecule has 0 fully saturated rings. The molecule has 0 unspecified atom stereocenters. The van der Waals surface area contributed by atoms with Gasteiger partial charge in [0.15, 0.2) is 0 Å². The minimum atomic E-state index is -3.38. The van der Waals surface area contributed by atoms with E-state index < -0.39 is 10.0 Å². The van der Waals surface area contributed by atoms with Crippen LogP contribution in [0.25, 0.3) is 11.3 Å². The lowest BCUT2D eigenvalue weighted by atomic mass is 10.1. The van der Waals surface area contributed by atoms with Crippen molar-refractivity contribution in [1.82, 2.24) is 9.97 Å². The Morgan fingerprint density at radius 1 is 1.00 bits per heavy atom. The molecular weight excluding hydrogens is 350 g/mol. The third kappa shape index (κ3) is 4.78. The van der Waals surface area contributed by atoms with Crippen molar-refractivity contribution >= 4 is 27.2 Å². The second kappa shape index (κ2) is 7.51. The first kappa shape index (κ1) is 17.8. The Balaban J connectivity index is 1.90. The average Bonchev–Trinajstić information content (AvgIpc) is 2.61. The quantitative estimate of drug-likeness (QED) is 0.616. The van der Waals surface area contributed by atoms with Gasteiger partial charge in [0.2, 0.25) is 10.0 Å². The van der Waals surface area contributed by atoms with Gasteiger partial charge in [0.1, 0.15) is 12.1 Å². The Morgan fingerprint density at radius 2 is 1.73 bits per heavy atom. The molecule has 0 bridgehead atoms. The molecule has 0 saturated heterocycles. The SMILES string of the molecule is CS(=O)(=O)Nc1cc(CN)cc(Nc2cc(-c3ccccc3)ncn2)c1. The van der Waals surface area contributed by atoms with Gasteiger partial charge in [-0.25, -0.2) is 18.4 Å². The lowest BCUT2D eigenvalue weighted by Crippen LogP contribution is -2.10. The zero-order valence-corrected chi connectivity index (χ0v) is 15.0. The van der Waals surface area contributed by atoms with Crippen LogP contribution in [0.1, 0.15) is 5.56 Å². The second-order valence-corrected chi connectivity index (χ2v) is 7.52. The summed E-state index contributed by atoms with van der Waals surface area (Å²) in [5.74, 6) is 0.596. The number of anilines is 3. The van der Waals surface area contributed by atoms with E-state index in [-0.39, 0.29) is 6.54 Å². The Morgan fingerprint density at radius 3 is 2.42 bits per heavy atom. The van der Waals surface area contributed by atoms with Crippen LogP contribution in [0.3, 0.4) is 0 Å². The van der Waals surface area contributed by atoms with Crippen LogP contribution in [0.5, 0.6) is 0 Å². The fourth-order valence-electron chi connectivity index (χ4n) is 2.50. The summed E-state index contributed by atoms with van der Waals surface area (Å²) < 4.78 is 25.4. The number of nitrogens with zero attached hydrogens (tertiary/aromatic N) is 2. The van der Waals surface area contributed by atoms with Crippen molar-refractivity contribution in [3.8, 4) is 11.3 Å². The van der Waals surface area contributed by atoms with Gasteiger partial charge in [-0.15, -0.1) is 0 Å². The lowest BCUT2D eigenvalue weighted by molar-refractivity contribution is 0.607. The lowest BCUT2D eigenvalue weighted by Gasteiger charge is -2.12. The molecular formula is C18H19N5O2S. The number of sulfonamides is 1. The summed E-state index contributed by atoms with van der Waals surface area (Å²) in [5, 5.41) is 3.17. The molecule has 4 N–H and O–H groups in total. The summed E-state index contributed by atoms with van der Waals surface area (Å²) in [6.45, 7) is 0.285. The number of nitrogens with one attached hydrogen (secondary N) is 2. The molecule has 0 amide bonds. The summed E-state index contributed by atoms with van der Waals surface area (Å²) in [6, 6.07) is 16.8. The maximum Gasteiger partial charge on any atom is 0.229 e. The van der Waals surface area contributed by atoms with Crippen molar-refractivity contribution in [2.45, 2.75) is 6.54 Å². The number of nitrogens with two attached hydrogens (primary N) is 1. The standard InChI is InChI=1S/C18H19N5O2S/c1-26(24,25)23-16-8-13(11-19)7-15(9-16)22-18-10-17(20-12-21-18)14-5-3-2-4-6-14/h2-10,12,23H,11,19H2,1H3,(H,20,21,22). The Kier molecular flexibility index (Phi) is 5.15. The first-order valence-corrected chi connectivity index (χ1v) is 9.78. The van der Waals surface area contributed by atoms with Gasteiger partial charge in [0.05, 0.1) is 17.6 Å². The van der Waals surface area contributed by atoms with Gasteiger partial charge in [-0.05, 0) is 23.8 Å². The molecule has 0 atom stereocenters. The predicted octanol–water partition coefficient (Wildman–Crippen LogP) is 2.72. The van der Waals surface area contributed by atoms with Crippen molar-refractivity contribution in [2.75, 3.05) is 16.3 Å². The number of hydrogen-bond acceptors (Lipinski definition) is 6. The Labute approximate surface area is 152 Å². The highest BCUT2D eigenvalue weighted by Crippen LogP contribution is 2.24. The molecule has 0 saturated carbocycles. The van der Waals surface area contributed by atoms with Crippen molar-refractivity contribution in [3.05, 3.63) is 66.5 Å². The highest BCUT2D eigenvalue weighted by molar-refractivity contribution is 7.92. The van der Waals surface area contributed by atoms with E-state index in [1.165, 1.54) is 6.33 Å². The summed E-state index contributed by atoms with van der Waals surface area (Å²) in [7, 11) is -3.38. The third-order valence-electron chi connectivity index (χ3n) is 3.54. The smallest absolute Gasteiger partial charge is 0.229 e. The first-order chi connectivity index (χ1) is 12.4. The van der Waals surface area contributed by atoms with Crippen LogP contribution in [0.15, 0.2) is 60.9 Å². The molecule has 1 heterocycles. The van der Waals surface area contributed by atoms with E-state index >= 15 is 0 Å². The normalized spacial score (nSPS) is 11.2. The molecule has 0 aliphatic carbocycles. The number of aromatic nitrogens is 2. The molecule has 134 valence electrons. The van der Waals surface area contributed by atoms with E-state index in [0.29, 0.717) is 17.2 Å². The van der Waals surface area contributed by atoms with Crippen molar-refractivity contribution < 1.29 is 8.42 Å². The van der Waals surface area contributed by atoms with Crippen LogP contribution in [0.4, 0.5) is 17.2 Å². The molecule has 0 radical (unpaired) electrons. The molecule has 2 aromatic carbocycles. The fourth-order valence-corrected chi connectivity index (χ4v) is 3.04. The van der Waals surface area contributed by atoms with Crippen molar-refractivity contribution in [2.24, 2.45) is 5.73 Å². The zero-order valence-electron chi connectivity index (χ0n) is 14.2. The van der Waals surface area contributed by atoms with Crippen molar-refractivity contribution in [1.29, 1.82) is 0 Å². The minimum absolute atomic E-state index is 0.285. The van der Waals surface area contributed by atoms with E-state index in [9.17, 15) is 8.42 Å². The number of hydrogen-bond donors (Lipinski definition) is 3. The largest absolute Gasteiger partial charge is 0.340 e. The fraction of sp³-hybridized carbons (Fsp3) is 0.111.